The van der Waals surface area contributed by atoms with Crippen LogP contribution in [-0.2, 0) is 0 Å². The minimum atomic E-state index is -0.411. The summed E-state index contributed by atoms with van der Waals surface area (Å²) in [6.07, 6.45) is 1.45. The van der Waals surface area contributed by atoms with Crippen LogP contribution in [0.3, 0.4) is 0 Å². The number of aryl methyl sites for hydroxylation is 1. The van der Waals surface area contributed by atoms with Gasteiger partial charge in [-0.3, -0.25) is 10.1 Å². The van der Waals surface area contributed by atoms with Crippen LogP contribution in [0.5, 0.6) is 0 Å². The second kappa shape index (κ2) is 5.31. The molecule has 0 unspecified atom stereocenters. The number of amides is 1. The average Bonchev–Trinajstić information content (AvgIpc) is 2.87. The van der Waals surface area contributed by atoms with E-state index in [0.717, 1.165) is 5.56 Å². The van der Waals surface area contributed by atoms with Gasteiger partial charge in [-0.1, -0.05) is 29.3 Å². The largest absolute Gasteiger partial charge is 0.341 e. The van der Waals surface area contributed by atoms with E-state index in [-0.39, 0.29) is 11.1 Å². The number of anilines is 1. The van der Waals surface area contributed by atoms with Crippen LogP contribution in [0.25, 0.3) is 11.2 Å². The van der Waals surface area contributed by atoms with Crippen molar-refractivity contribution in [3.05, 3.63) is 45.8 Å². The summed E-state index contributed by atoms with van der Waals surface area (Å²) >= 11 is 12.0. The maximum absolute atomic E-state index is 12.2. The second-order valence-corrected chi connectivity index (χ2v) is 5.14. The van der Waals surface area contributed by atoms with Crippen LogP contribution in [0, 0.1) is 6.92 Å². The Labute approximate surface area is 129 Å². The van der Waals surface area contributed by atoms with Gasteiger partial charge in [-0.25, -0.2) is 4.98 Å². The van der Waals surface area contributed by atoms with Gasteiger partial charge in [-0.15, -0.1) is 0 Å². The van der Waals surface area contributed by atoms with Gasteiger partial charge in [0.15, 0.2) is 10.8 Å². The minimum absolute atomic E-state index is 0.0706. The Bertz CT molecular complexity index is 846. The minimum Gasteiger partial charge on any atom is -0.341 e. The van der Waals surface area contributed by atoms with E-state index in [1.807, 2.05) is 6.92 Å². The smallest absolute Gasteiger partial charge is 0.259 e. The van der Waals surface area contributed by atoms with Crippen molar-refractivity contribution in [3.8, 4) is 0 Å². The fourth-order valence-electron chi connectivity index (χ4n) is 1.83. The summed E-state index contributed by atoms with van der Waals surface area (Å²) in [7, 11) is 0. The number of nitrogens with one attached hydrogen (secondary N) is 2. The number of nitrogens with zero attached hydrogens (tertiary/aromatic N) is 3. The van der Waals surface area contributed by atoms with Gasteiger partial charge in [0.05, 0.1) is 16.9 Å². The van der Waals surface area contributed by atoms with Gasteiger partial charge in [0.2, 0.25) is 5.95 Å². The van der Waals surface area contributed by atoms with Gasteiger partial charge in [-0.05, 0) is 24.6 Å². The van der Waals surface area contributed by atoms with Gasteiger partial charge in [-0.2, -0.15) is 9.97 Å². The molecule has 0 aliphatic heterocycles. The average molecular weight is 322 g/mol. The zero-order valence-electron chi connectivity index (χ0n) is 10.8. The molecule has 0 fully saturated rings. The van der Waals surface area contributed by atoms with E-state index in [1.165, 1.54) is 6.33 Å². The number of rotatable bonds is 2. The molecule has 106 valence electrons. The van der Waals surface area contributed by atoms with Gasteiger partial charge in [0.25, 0.3) is 5.91 Å². The maximum Gasteiger partial charge on any atom is 0.259 e. The molecule has 0 atom stereocenters. The summed E-state index contributed by atoms with van der Waals surface area (Å²) in [5.74, 6) is -0.341. The summed E-state index contributed by atoms with van der Waals surface area (Å²) in [5.41, 5.74) is 2.20. The Kier molecular flexibility index (Phi) is 3.48. The molecule has 0 bridgehead atoms. The van der Waals surface area contributed by atoms with E-state index in [9.17, 15) is 4.79 Å². The Balaban J connectivity index is 1.92. The Morgan fingerprint density at radius 2 is 2.10 bits per heavy atom. The third-order valence-corrected chi connectivity index (χ3v) is 3.42. The zero-order chi connectivity index (χ0) is 15.0. The number of halogens is 2. The molecule has 21 heavy (non-hydrogen) atoms. The highest BCUT2D eigenvalue weighted by Crippen LogP contribution is 2.21. The molecule has 0 aliphatic rings. The molecule has 3 aromatic rings. The lowest BCUT2D eigenvalue weighted by Crippen LogP contribution is -2.15. The standard InChI is InChI=1S/C13H9Cl2N5O/c1-6-2-3-7(8(14)4-6)12(21)20-13-18-10(15)9-11(19-13)17-5-16-9/h2-5H,1H3,(H2,16,17,18,19,20,21). The molecule has 1 amide bonds. The summed E-state index contributed by atoms with van der Waals surface area (Å²) in [5, 5.41) is 3.10. The summed E-state index contributed by atoms with van der Waals surface area (Å²) in [6, 6.07) is 5.15. The van der Waals surface area contributed by atoms with Crippen LogP contribution in [0.1, 0.15) is 15.9 Å². The highest BCUT2D eigenvalue weighted by Gasteiger charge is 2.14. The van der Waals surface area contributed by atoms with E-state index < -0.39 is 5.91 Å². The number of benzene rings is 1. The van der Waals surface area contributed by atoms with Gasteiger partial charge in [0.1, 0.15) is 5.52 Å². The fourth-order valence-corrected chi connectivity index (χ4v) is 2.37. The summed E-state index contributed by atoms with van der Waals surface area (Å²) in [4.78, 5) is 27.1. The number of aromatic amines is 1. The molecule has 2 heterocycles. The van der Waals surface area contributed by atoms with Crippen molar-refractivity contribution in [1.29, 1.82) is 0 Å². The van der Waals surface area contributed by atoms with Crippen molar-refractivity contribution in [1.82, 2.24) is 19.9 Å². The van der Waals surface area contributed by atoms with Crippen LogP contribution in [0.4, 0.5) is 5.95 Å². The van der Waals surface area contributed by atoms with E-state index in [2.05, 4.69) is 25.3 Å². The number of hydrogen-bond acceptors (Lipinski definition) is 4. The molecule has 2 N–H and O–H groups in total. The quantitative estimate of drug-likeness (QED) is 0.710. The first-order chi connectivity index (χ1) is 10.0. The lowest BCUT2D eigenvalue weighted by atomic mass is 10.1. The first kappa shape index (κ1) is 13.8. The molecule has 6 nitrogen and oxygen atoms in total. The van der Waals surface area contributed by atoms with Crippen LogP contribution in [0.15, 0.2) is 24.5 Å². The lowest BCUT2D eigenvalue weighted by Gasteiger charge is -2.06. The molecule has 8 heteroatoms. The van der Waals surface area contributed by atoms with Crippen LogP contribution >= 0.6 is 23.2 Å². The van der Waals surface area contributed by atoms with Crippen LogP contribution < -0.4 is 5.32 Å². The Morgan fingerprint density at radius 1 is 1.29 bits per heavy atom. The Hall–Kier alpha value is -2.18. The van der Waals surface area contributed by atoms with Gasteiger partial charge >= 0.3 is 0 Å². The highest BCUT2D eigenvalue weighted by molar-refractivity contribution is 6.35. The predicted octanol–water partition coefficient (Wildman–Crippen LogP) is 3.22. The number of carbonyl (C=O) groups is 1. The Morgan fingerprint density at radius 3 is 2.86 bits per heavy atom. The SMILES string of the molecule is Cc1ccc(C(=O)Nc2nc(Cl)c3[nH]cnc3n2)c(Cl)c1. The van der Waals surface area contributed by atoms with E-state index in [0.29, 0.717) is 21.7 Å². The number of hydrogen-bond donors (Lipinski definition) is 2. The van der Waals surface area contributed by atoms with Gasteiger partial charge in [0, 0.05) is 0 Å². The molecule has 3 rings (SSSR count). The van der Waals surface area contributed by atoms with Crippen LogP contribution in [-0.4, -0.2) is 25.8 Å². The zero-order valence-corrected chi connectivity index (χ0v) is 12.3. The number of imidazole rings is 1. The molecule has 2 aromatic heterocycles. The monoisotopic (exact) mass is 321 g/mol. The second-order valence-electron chi connectivity index (χ2n) is 4.38. The van der Waals surface area contributed by atoms with Crippen LogP contribution in [0.2, 0.25) is 10.2 Å². The van der Waals surface area contributed by atoms with Gasteiger partial charge < -0.3 is 4.98 Å². The first-order valence-electron chi connectivity index (χ1n) is 5.99. The van der Waals surface area contributed by atoms with Crippen molar-refractivity contribution in [2.24, 2.45) is 0 Å². The third kappa shape index (κ3) is 2.68. The molecule has 0 aliphatic carbocycles. The third-order valence-electron chi connectivity index (χ3n) is 2.84. The van der Waals surface area contributed by atoms with Crippen molar-refractivity contribution < 1.29 is 4.79 Å². The number of aromatic nitrogens is 4. The summed E-state index contributed by atoms with van der Waals surface area (Å²) in [6.45, 7) is 1.89. The van der Waals surface area contributed by atoms with Crippen molar-refractivity contribution >= 4 is 46.2 Å². The van der Waals surface area contributed by atoms with Crippen molar-refractivity contribution in [2.75, 3.05) is 5.32 Å². The molecular weight excluding hydrogens is 313 g/mol. The summed E-state index contributed by atoms with van der Waals surface area (Å²) < 4.78 is 0. The number of carbonyl (C=O) groups excluding carboxylic acids is 1. The normalized spacial score (nSPS) is 10.8. The molecule has 1 aromatic carbocycles. The van der Waals surface area contributed by atoms with Crippen molar-refractivity contribution in [3.63, 3.8) is 0 Å². The number of H-pyrrole nitrogens is 1. The molecule has 0 spiro atoms. The maximum atomic E-state index is 12.2. The van der Waals surface area contributed by atoms with E-state index in [1.54, 1.807) is 18.2 Å². The first-order valence-corrected chi connectivity index (χ1v) is 6.74. The highest BCUT2D eigenvalue weighted by atomic mass is 35.5. The molecule has 0 radical (unpaired) electrons. The van der Waals surface area contributed by atoms with E-state index in [4.69, 9.17) is 23.2 Å². The number of fused-ring (bicyclic) bond motifs is 1. The predicted molar refractivity (Wildman–Crippen MR) is 80.8 cm³/mol. The molecule has 0 saturated heterocycles. The fraction of sp³-hybridized carbons (Fsp3) is 0.0769. The van der Waals surface area contributed by atoms with Crippen molar-refractivity contribution in [2.45, 2.75) is 6.92 Å². The lowest BCUT2D eigenvalue weighted by molar-refractivity contribution is 0.102. The molecular formula is C13H9Cl2N5O. The molecule has 0 saturated carbocycles. The topological polar surface area (TPSA) is 83.6 Å². The van der Waals surface area contributed by atoms with E-state index >= 15 is 0 Å².